The molecule has 0 radical (unpaired) electrons. The quantitative estimate of drug-likeness (QED) is 0.884. The highest BCUT2D eigenvalue weighted by Crippen LogP contribution is 2.21. The molecule has 1 N–H and O–H groups in total. The molecule has 3 nitrogen and oxygen atoms in total. The van der Waals surface area contributed by atoms with Crippen molar-refractivity contribution in [3.63, 3.8) is 0 Å². The minimum atomic E-state index is 0.198. The summed E-state index contributed by atoms with van der Waals surface area (Å²) in [5, 5.41) is 3.19. The van der Waals surface area contributed by atoms with Crippen molar-refractivity contribution < 1.29 is 4.79 Å². The Hall–Kier alpha value is -1.35. The van der Waals surface area contributed by atoms with Crippen LogP contribution in [0.3, 0.4) is 0 Å². The zero-order chi connectivity index (χ0) is 13.1. The van der Waals surface area contributed by atoms with Crippen molar-refractivity contribution in [2.24, 2.45) is 5.92 Å². The van der Waals surface area contributed by atoms with Crippen LogP contribution in [0, 0.1) is 19.8 Å². The average molecular weight is 246 g/mol. The molecule has 1 aromatic rings. The zero-order valence-corrected chi connectivity index (χ0v) is 11.5. The molecule has 18 heavy (non-hydrogen) atoms. The Morgan fingerprint density at radius 2 is 2.06 bits per heavy atom. The Bertz CT molecular complexity index is 422. The lowest BCUT2D eigenvalue weighted by Crippen LogP contribution is -2.31. The first-order valence-corrected chi connectivity index (χ1v) is 6.63. The lowest BCUT2D eigenvalue weighted by Gasteiger charge is -2.19. The normalized spacial score (nSPS) is 19.3. The molecule has 3 heteroatoms. The molecular weight excluding hydrogens is 224 g/mol. The lowest BCUT2D eigenvalue weighted by molar-refractivity contribution is 0.0786. The zero-order valence-electron chi connectivity index (χ0n) is 11.5. The van der Waals surface area contributed by atoms with E-state index in [9.17, 15) is 4.79 Å². The number of nitrogens with zero attached hydrogens (tertiary/aromatic N) is 1. The van der Waals surface area contributed by atoms with E-state index in [1.54, 1.807) is 0 Å². The first kappa shape index (κ1) is 13.1. The Morgan fingerprint density at radius 1 is 1.39 bits per heavy atom. The molecule has 1 fully saturated rings. The van der Waals surface area contributed by atoms with E-state index in [4.69, 9.17) is 0 Å². The van der Waals surface area contributed by atoms with Crippen LogP contribution in [-0.4, -0.2) is 37.5 Å². The van der Waals surface area contributed by atoms with Gasteiger partial charge in [-0.1, -0.05) is 18.2 Å². The molecule has 1 aliphatic heterocycles. The molecule has 0 aliphatic carbocycles. The van der Waals surface area contributed by atoms with E-state index in [0.29, 0.717) is 5.92 Å². The topological polar surface area (TPSA) is 32.3 Å². The Kier molecular flexibility index (Phi) is 4.02. The summed E-state index contributed by atoms with van der Waals surface area (Å²) in [6, 6.07) is 6.04. The maximum Gasteiger partial charge on any atom is 0.254 e. The molecule has 1 unspecified atom stereocenters. The van der Waals surface area contributed by atoms with E-state index in [-0.39, 0.29) is 5.91 Å². The van der Waals surface area contributed by atoms with E-state index >= 15 is 0 Å². The monoisotopic (exact) mass is 246 g/mol. The van der Waals surface area contributed by atoms with Crippen LogP contribution in [0.4, 0.5) is 0 Å². The second-order valence-corrected chi connectivity index (χ2v) is 5.23. The molecule has 0 bridgehead atoms. The molecule has 0 saturated carbocycles. The molecule has 0 spiro atoms. The SMILES string of the molecule is CNCC1CCN(C(=O)c2c(C)cccc2C)C1. The van der Waals surface area contributed by atoms with E-state index in [2.05, 4.69) is 5.32 Å². The van der Waals surface area contributed by atoms with Gasteiger partial charge in [-0.15, -0.1) is 0 Å². The third-order valence-corrected chi connectivity index (χ3v) is 3.76. The van der Waals surface area contributed by atoms with Gasteiger partial charge in [0.25, 0.3) is 5.91 Å². The average Bonchev–Trinajstić information content (AvgIpc) is 2.78. The smallest absolute Gasteiger partial charge is 0.254 e. The summed E-state index contributed by atoms with van der Waals surface area (Å²) in [4.78, 5) is 14.5. The second kappa shape index (κ2) is 5.53. The highest BCUT2D eigenvalue weighted by Gasteiger charge is 2.27. The summed E-state index contributed by atoms with van der Waals surface area (Å²) >= 11 is 0. The Balaban J connectivity index is 2.13. The lowest BCUT2D eigenvalue weighted by atomic mass is 10.0. The van der Waals surface area contributed by atoms with Crippen molar-refractivity contribution in [1.82, 2.24) is 10.2 Å². The number of hydrogen-bond acceptors (Lipinski definition) is 2. The summed E-state index contributed by atoms with van der Waals surface area (Å²) in [5.74, 6) is 0.799. The van der Waals surface area contributed by atoms with Gasteiger partial charge in [0.05, 0.1) is 0 Å². The number of hydrogen-bond donors (Lipinski definition) is 1. The molecule has 2 rings (SSSR count). The summed E-state index contributed by atoms with van der Waals surface area (Å²) in [7, 11) is 1.97. The van der Waals surface area contributed by atoms with Gasteiger partial charge in [0.15, 0.2) is 0 Å². The fourth-order valence-electron chi connectivity index (χ4n) is 2.78. The summed E-state index contributed by atoms with van der Waals surface area (Å²) in [6.45, 7) is 6.80. The largest absolute Gasteiger partial charge is 0.338 e. The van der Waals surface area contributed by atoms with Crippen molar-refractivity contribution in [2.45, 2.75) is 20.3 Å². The molecule has 0 aromatic heterocycles. The van der Waals surface area contributed by atoms with E-state index in [1.807, 2.05) is 44.0 Å². The third kappa shape index (κ3) is 2.56. The molecule has 1 aliphatic rings. The van der Waals surface area contributed by atoms with Crippen LogP contribution in [0.5, 0.6) is 0 Å². The number of nitrogens with one attached hydrogen (secondary N) is 1. The molecule has 1 aromatic carbocycles. The molecule has 1 heterocycles. The number of carbonyl (C=O) groups is 1. The summed E-state index contributed by atoms with van der Waals surface area (Å²) in [5.41, 5.74) is 3.05. The van der Waals surface area contributed by atoms with Crippen LogP contribution in [0.25, 0.3) is 0 Å². The van der Waals surface area contributed by atoms with E-state index in [1.165, 1.54) is 0 Å². The predicted octanol–water partition coefficient (Wildman–Crippen LogP) is 1.98. The number of amides is 1. The maximum atomic E-state index is 12.5. The summed E-state index contributed by atoms with van der Waals surface area (Å²) < 4.78 is 0. The standard InChI is InChI=1S/C15H22N2O/c1-11-5-4-6-12(2)14(11)15(18)17-8-7-13(10-17)9-16-3/h4-6,13,16H,7-10H2,1-3H3. The Morgan fingerprint density at radius 3 is 2.67 bits per heavy atom. The fraction of sp³-hybridized carbons (Fsp3) is 0.533. The van der Waals surface area contributed by atoms with Crippen LogP contribution in [-0.2, 0) is 0 Å². The van der Waals surface area contributed by atoms with Gasteiger partial charge in [0.1, 0.15) is 0 Å². The predicted molar refractivity (Wildman–Crippen MR) is 73.9 cm³/mol. The molecule has 1 saturated heterocycles. The van der Waals surface area contributed by atoms with E-state index in [0.717, 1.165) is 42.7 Å². The van der Waals surface area contributed by atoms with Gasteiger partial charge in [-0.05, 0) is 50.9 Å². The van der Waals surface area contributed by atoms with Gasteiger partial charge >= 0.3 is 0 Å². The third-order valence-electron chi connectivity index (χ3n) is 3.76. The molecular formula is C15H22N2O. The maximum absolute atomic E-state index is 12.5. The number of likely N-dealkylation sites (tertiary alicyclic amines) is 1. The van der Waals surface area contributed by atoms with Crippen molar-refractivity contribution in [1.29, 1.82) is 0 Å². The first-order valence-electron chi connectivity index (χ1n) is 6.63. The van der Waals surface area contributed by atoms with Crippen LogP contribution >= 0.6 is 0 Å². The van der Waals surface area contributed by atoms with Gasteiger partial charge < -0.3 is 10.2 Å². The molecule has 1 atom stereocenters. The Labute approximate surface area is 109 Å². The van der Waals surface area contributed by atoms with Crippen molar-refractivity contribution >= 4 is 5.91 Å². The minimum Gasteiger partial charge on any atom is -0.338 e. The van der Waals surface area contributed by atoms with Gasteiger partial charge in [-0.2, -0.15) is 0 Å². The van der Waals surface area contributed by atoms with E-state index < -0.39 is 0 Å². The fourth-order valence-corrected chi connectivity index (χ4v) is 2.78. The van der Waals surface area contributed by atoms with Crippen LogP contribution in [0.15, 0.2) is 18.2 Å². The van der Waals surface area contributed by atoms with Gasteiger partial charge in [-0.25, -0.2) is 0 Å². The highest BCUT2D eigenvalue weighted by molar-refractivity contribution is 5.97. The number of benzene rings is 1. The summed E-state index contributed by atoms with van der Waals surface area (Å²) in [6.07, 6.45) is 1.11. The molecule has 1 amide bonds. The second-order valence-electron chi connectivity index (χ2n) is 5.23. The van der Waals surface area contributed by atoms with Crippen LogP contribution in [0.2, 0.25) is 0 Å². The van der Waals surface area contributed by atoms with Crippen LogP contribution in [0.1, 0.15) is 27.9 Å². The minimum absolute atomic E-state index is 0.198. The number of carbonyl (C=O) groups excluding carboxylic acids is 1. The van der Waals surface area contributed by atoms with Gasteiger partial charge in [0.2, 0.25) is 0 Å². The first-order chi connectivity index (χ1) is 8.63. The van der Waals surface area contributed by atoms with Crippen molar-refractivity contribution in [3.05, 3.63) is 34.9 Å². The highest BCUT2D eigenvalue weighted by atomic mass is 16.2. The van der Waals surface area contributed by atoms with Crippen molar-refractivity contribution in [2.75, 3.05) is 26.7 Å². The molecule has 98 valence electrons. The van der Waals surface area contributed by atoms with Crippen molar-refractivity contribution in [3.8, 4) is 0 Å². The van der Waals surface area contributed by atoms with Gasteiger partial charge in [0, 0.05) is 18.7 Å². The number of aryl methyl sites for hydroxylation is 2. The van der Waals surface area contributed by atoms with Crippen LogP contribution < -0.4 is 5.32 Å². The van der Waals surface area contributed by atoms with Gasteiger partial charge in [-0.3, -0.25) is 4.79 Å². The number of rotatable bonds is 3.